The summed E-state index contributed by atoms with van der Waals surface area (Å²) in [5.74, 6) is 0.302. The van der Waals surface area contributed by atoms with Crippen LogP contribution < -0.4 is 4.90 Å². The lowest BCUT2D eigenvalue weighted by atomic mass is 9.91. The van der Waals surface area contributed by atoms with Crippen LogP contribution >= 0.6 is 0 Å². The van der Waals surface area contributed by atoms with Crippen LogP contribution in [0.5, 0.6) is 0 Å². The predicted molar refractivity (Wildman–Crippen MR) is 122 cm³/mol. The van der Waals surface area contributed by atoms with E-state index in [1.807, 2.05) is 12.4 Å². The average Bonchev–Trinajstić information content (AvgIpc) is 2.80. The van der Waals surface area contributed by atoms with Crippen molar-refractivity contribution in [1.82, 2.24) is 24.7 Å². The highest BCUT2D eigenvalue weighted by atomic mass is 16.2. The third-order valence-corrected chi connectivity index (χ3v) is 7.12. The zero-order valence-electron chi connectivity index (χ0n) is 18.2. The minimum atomic E-state index is 0.302. The Labute approximate surface area is 184 Å². The first-order valence-corrected chi connectivity index (χ1v) is 11.6. The molecule has 2 aliphatic heterocycles. The Morgan fingerprint density at radius 3 is 2.13 bits per heavy atom. The zero-order valence-corrected chi connectivity index (χ0v) is 18.2. The van der Waals surface area contributed by atoms with Crippen LogP contribution in [0.15, 0.2) is 43.0 Å². The fourth-order valence-corrected chi connectivity index (χ4v) is 4.86. The molecule has 1 aromatic heterocycles. The number of rotatable bonds is 5. The molecule has 0 spiro atoms. The molecule has 0 unspecified atom stereocenters. The molecule has 1 aliphatic carbocycles. The molecule has 0 atom stereocenters. The highest BCUT2D eigenvalue weighted by Gasteiger charge is 2.30. The number of carbonyl (C=O) groups is 1. The summed E-state index contributed by atoms with van der Waals surface area (Å²) in [7, 11) is 0. The van der Waals surface area contributed by atoms with Crippen LogP contribution in [0.4, 0.5) is 5.69 Å². The molecule has 3 heterocycles. The minimum Gasteiger partial charge on any atom is -0.369 e. The number of carbonyl (C=O) groups excluding carboxylic acids is 1. The van der Waals surface area contributed by atoms with E-state index in [4.69, 9.17) is 0 Å². The molecule has 0 bridgehead atoms. The number of amides is 1. The number of anilines is 1. The molecule has 3 fully saturated rings. The maximum atomic E-state index is 12.8. The molecule has 2 saturated heterocycles. The summed E-state index contributed by atoms with van der Waals surface area (Å²) in [5.41, 5.74) is 3.40. The molecular weight excluding hydrogens is 388 g/mol. The van der Waals surface area contributed by atoms with Gasteiger partial charge in [0.05, 0.1) is 6.54 Å². The van der Waals surface area contributed by atoms with Gasteiger partial charge in [0.25, 0.3) is 0 Å². The molecule has 2 aromatic rings. The number of aromatic nitrogens is 2. The summed E-state index contributed by atoms with van der Waals surface area (Å²) in [6.07, 6.45) is 9.30. The fraction of sp³-hybridized carbons (Fsp3) is 0.542. The maximum absolute atomic E-state index is 12.8. The molecule has 1 saturated carbocycles. The fourth-order valence-electron chi connectivity index (χ4n) is 4.86. The maximum Gasteiger partial charge on any atom is 0.236 e. The zero-order chi connectivity index (χ0) is 21.0. The van der Waals surface area contributed by atoms with E-state index in [0.717, 1.165) is 69.5 Å². The first-order valence-electron chi connectivity index (χ1n) is 11.6. The molecular formula is C24H32N6O. The lowest BCUT2D eigenvalue weighted by Gasteiger charge is -2.43. The first kappa shape index (κ1) is 20.4. The second-order valence-electron chi connectivity index (χ2n) is 8.94. The predicted octanol–water partition coefficient (Wildman–Crippen LogP) is 1.96. The van der Waals surface area contributed by atoms with Crippen LogP contribution in [0.25, 0.3) is 11.1 Å². The van der Waals surface area contributed by atoms with E-state index >= 15 is 0 Å². The number of piperazine rings is 2. The van der Waals surface area contributed by atoms with E-state index < -0.39 is 0 Å². The molecule has 1 aromatic carbocycles. The quantitative estimate of drug-likeness (QED) is 0.737. The third-order valence-electron chi connectivity index (χ3n) is 7.12. The molecule has 164 valence electrons. The van der Waals surface area contributed by atoms with Crippen molar-refractivity contribution in [3.8, 4) is 11.1 Å². The Bertz CT molecular complexity index is 853. The van der Waals surface area contributed by atoms with Crippen LogP contribution in [-0.4, -0.2) is 95.5 Å². The molecule has 7 nitrogen and oxygen atoms in total. The van der Waals surface area contributed by atoms with Crippen LogP contribution in [0.3, 0.4) is 0 Å². The van der Waals surface area contributed by atoms with Gasteiger partial charge in [0.2, 0.25) is 5.91 Å². The van der Waals surface area contributed by atoms with Crippen LogP contribution in [-0.2, 0) is 4.79 Å². The number of hydrogen-bond acceptors (Lipinski definition) is 6. The van der Waals surface area contributed by atoms with E-state index in [-0.39, 0.29) is 0 Å². The Balaban J connectivity index is 1.08. The van der Waals surface area contributed by atoms with E-state index in [1.54, 1.807) is 6.33 Å². The van der Waals surface area contributed by atoms with Gasteiger partial charge in [0, 0.05) is 82.0 Å². The van der Waals surface area contributed by atoms with Crippen LogP contribution in [0.2, 0.25) is 0 Å². The van der Waals surface area contributed by atoms with Crippen molar-refractivity contribution in [1.29, 1.82) is 0 Å². The lowest BCUT2D eigenvalue weighted by Crippen LogP contribution is -2.56. The summed E-state index contributed by atoms with van der Waals surface area (Å²) in [6.45, 7) is 8.23. The van der Waals surface area contributed by atoms with Gasteiger partial charge in [-0.2, -0.15) is 0 Å². The topological polar surface area (TPSA) is 55.8 Å². The molecule has 7 heteroatoms. The van der Waals surface area contributed by atoms with Crippen molar-refractivity contribution < 1.29 is 4.79 Å². The van der Waals surface area contributed by atoms with Crippen molar-refractivity contribution in [2.75, 3.05) is 63.8 Å². The SMILES string of the molecule is O=C(CN1CCN(c2ccc(-c3cncnc3)cc2)CC1)N1CCN(C2CCC2)CC1. The van der Waals surface area contributed by atoms with E-state index in [9.17, 15) is 4.79 Å². The normalized spacial score (nSPS) is 21.2. The van der Waals surface area contributed by atoms with Gasteiger partial charge in [-0.1, -0.05) is 18.6 Å². The van der Waals surface area contributed by atoms with Gasteiger partial charge in [-0.15, -0.1) is 0 Å². The molecule has 0 N–H and O–H groups in total. The second kappa shape index (κ2) is 9.32. The van der Waals surface area contributed by atoms with E-state index in [2.05, 4.69) is 53.8 Å². The Morgan fingerprint density at radius 1 is 0.839 bits per heavy atom. The molecule has 3 aliphatic rings. The first-order chi connectivity index (χ1) is 15.3. The number of nitrogens with zero attached hydrogens (tertiary/aromatic N) is 6. The van der Waals surface area contributed by atoms with Gasteiger partial charge < -0.3 is 9.80 Å². The van der Waals surface area contributed by atoms with Crippen molar-refractivity contribution in [3.63, 3.8) is 0 Å². The van der Waals surface area contributed by atoms with Gasteiger partial charge in [0.1, 0.15) is 6.33 Å². The van der Waals surface area contributed by atoms with Gasteiger partial charge >= 0.3 is 0 Å². The Kier molecular flexibility index (Phi) is 6.13. The summed E-state index contributed by atoms with van der Waals surface area (Å²) < 4.78 is 0. The standard InChI is InChI=1S/C24H32N6O/c31-24(30-14-12-29(13-15-30)22-2-1-3-22)18-27-8-10-28(11-9-27)23-6-4-20(5-7-23)21-16-25-19-26-17-21/h4-7,16-17,19,22H,1-3,8-15,18H2. The molecule has 0 radical (unpaired) electrons. The molecule has 1 amide bonds. The summed E-state index contributed by atoms with van der Waals surface area (Å²) in [4.78, 5) is 30.4. The van der Waals surface area contributed by atoms with Crippen LogP contribution in [0.1, 0.15) is 19.3 Å². The molecule has 31 heavy (non-hydrogen) atoms. The van der Waals surface area contributed by atoms with Crippen molar-refractivity contribution >= 4 is 11.6 Å². The third kappa shape index (κ3) is 4.72. The second-order valence-corrected chi connectivity index (χ2v) is 8.94. The van der Waals surface area contributed by atoms with E-state index in [0.29, 0.717) is 12.5 Å². The van der Waals surface area contributed by atoms with Crippen molar-refractivity contribution in [2.24, 2.45) is 0 Å². The monoisotopic (exact) mass is 420 g/mol. The smallest absolute Gasteiger partial charge is 0.236 e. The van der Waals surface area contributed by atoms with Gasteiger partial charge in [-0.3, -0.25) is 14.6 Å². The van der Waals surface area contributed by atoms with Gasteiger partial charge in [-0.05, 0) is 30.5 Å². The minimum absolute atomic E-state index is 0.302. The van der Waals surface area contributed by atoms with Gasteiger partial charge in [-0.25, -0.2) is 9.97 Å². The summed E-state index contributed by atoms with van der Waals surface area (Å²) in [5, 5.41) is 0. The number of hydrogen-bond donors (Lipinski definition) is 0. The van der Waals surface area contributed by atoms with Crippen molar-refractivity contribution in [3.05, 3.63) is 43.0 Å². The highest BCUT2D eigenvalue weighted by molar-refractivity contribution is 5.78. The number of benzene rings is 1. The Hall–Kier alpha value is -2.51. The molecule has 5 rings (SSSR count). The average molecular weight is 421 g/mol. The van der Waals surface area contributed by atoms with E-state index in [1.165, 1.54) is 24.9 Å². The van der Waals surface area contributed by atoms with Crippen molar-refractivity contribution in [2.45, 2.75) is 25.3 Å². The summed E-state index contributed by atoms with van der Waals surface area (Å²) in [6, 6.07) is 9.40. The van der Waals surface area contributed by atoms with Gasteiger partial charge in [0.15, 0.2) is 0 Å². The Morgan fingerprint density at radius 2 is 1.52 bits per heavy atom. The highest BCUT2D eigenvalue weighted by Crippen LogP contribution is 2.26. The summed E-state index contributed by atoms with van der Waals surface area (Å²) >= 11 is 0. The lowest BCUT2D eigenvalue weighted by molar-refractivity contribution is -0.134. The van der Waals surface area contributed by atoms with Crippen LogP contribution in [0, 0.1) is 0 Å². The largest absolute Gasteiger partial charge is 0.369 e.